The zero-order valence-corrected chi connectivity index (χ0v) is 8.33. The summed E-state index contributed by atoms with van der Waals surface area (Å²) in [6, 6.07) is 0. The van der Waals surface area contributed by atoms with Crippen LogP contribution in [0, 0.1) is 0 Å². The van der Waals surface area contributed by atoms with Crippen molar-refractivity contribution in [3.8, 4) is 0 Å². The molecular weight excluding hydrogens is 156 g/mol. The number of hydrogen-bond donors (Lipinski definition) is 0. The first-order valence-corrected chi connectivity index (χ1v) is 4.10. The zero-order valence-electron chi connectivity index (χ0n) is 8.33. The number of hydrogen-bond acceptors (Lipinski definition) is 4. The minimum atomic E-state index is -0.157. The molecule has 72 valence electrons. The summed E-state index contributed by atoms with van der Waals surface area (Å²) in [5.74, 6) is -0.157. The van der Waals surface area contributed by atoms with Crippen molar-refractivity contribution >= 4 is 5.97 Å². The van der Waals surface area contributed by atoms with Gasteiger partial charge in [-0.2, -0.15) is 0 Å². The molecule has 0 atom stereocenters. The van der Waals surface area contributed by atoms with E-state index in [9.17, 15) is 4.79 Å². The predicted octanol–water partition coefficient (Wildman–Crippen LogP) is 0.348. The quantitative estimate of drug-likeness (QED) is 0.445. The Morgan fingerprint density at radius 1 is 1.42 bits per heavy atom. The van der Waals surface area contributed by atoms with Crippen molar-refractivity contribution in [2.75, 3.05) is 34.3 Å². The molecule has 0 aromatic heterocycles. The number of rotatable bonds is 5. The van der Waals surface area contributed by atoms with Crippen molar-refractivity contribution in [2.24, 2.45) is 0 Å². The predicted molar refractivity (Wildman–Crippen MR) is 47.6 cm³/mol. The highest BCUT2D eigenvalue weighted by Gasteiger charge is 2.07. The molecule has 0 fully saturated rings. The molecule has 0 aliphatic rings. The van der Waals surface area contributed by atoms with Gasteiger partial charge in [-0.1, -0.05) is 6.92 Å². The number of carbonyl (C=O) groups is 1. The maximum atomic E-state index is 10.8. The molecule has 12 heavy (non-hydrogen) atoms. The second-order valence-electron chi connectivity index (χ2n) is 2.72. The summed E-state index contributed by atoms with van der Waals surface area (Å²) >= 11 is 0. The van der Waals surface area contributed by atoms with Gasteiger partial charge in [0, 0.05) is 27.2 Å². The van der Waals surface area contributed by atoms with Crippen LogP contribution in [0.2, 0.25) is 0 Å². The lowest BCUT2D eigenvalue weighted by molar-refractivity contribution is -0.141. The van der Waals surface area contributed by atoms with Crippen molar-refractivity contribution in [1.29, 1.82) is 0 Å². The van der Waals surface area contributed by atoms with Gasteiger partial charge in [-0.15, -0.1) is 0 Å². The van der Waals surface area contributed by atoms with E-state index in [0.29, 0.717) is 6.42 Å². The highest BCUT2D eigenvalue weighted by Crippen LogP contribution is 1.94. The number of esters is 1. The molecule has 0 N–H and O–H groups in total. The Hall–Kier alpha value is -0.610. The Balaban J connectivity index is 3.65. The first-order valence-electron chi connectivity index (χ1n) is 4.10. The van der Waals surface area contributed by atoms with E-state index in [1.165, 1.54) is 7.11 Å². The molecule has 4 heteroatoms. The molecule has 0 radical (unpaired) electrons. The van der Waals surface area contributed by atoms with Gasteiger partial charge in [0.05, 0.1) is 13.5 Å². The first kappa shape index (κ1) is 11.4. The molecule has 0 spiro atoms. The second kappa shape index (κ2) is 5.97. The molecule has 0 aromatic rings. The van der Waals surface area contributed by atoms with E-state index in [4.69, 9.17) is 0 Å². The second-order valence-corrected chi connectivity index (χ2v) is 2.72. The molecule has 0 rings (SSSR count). The van der Waals surface area contributed by atoms with Gasteiger partial charge in [0.15, 0.2) is 0 Å². The van der Waals surface area contributed by atoms with Crippen LogP contribution in [-0.2, 0) is 9.53 Å². The monoisotopic (exact) mass is 174 g/mol. The average Bonchev–Trinajstić information content (AvgIpc) is 2.04. The van der Waals surface area contributed by atoms with Gasteiger partial charge in [0.1, 0.15) is 0 Å². The lowest BCUT2D eigenvalue weighted by Crippen LogP contribution is -2.38. The standard InChI is InChI=1S/C8H18N2O2/c1-5-10(9(2)3)7-6-8(11)12-4/h5-7H2,1-4H3. The maximum absolute atomic E-state index is 10.8. The van der Waals surface area contributed by atoms with E-state index in [1.807, 2.05) is 19.1 Å². The third-order valence-electron chi connectivity index (χ3n) is 1.73. The van der Waals surface area contributed by atoms with Crippen LogP contribution in [0.15, 0.2) is 0 Å². The molecule has 4 nitrogen and oxygen atoms in total. The van der Waals surface area contributed by atoms with Gasteiger partial charge in [-0.05, 0) is 0 Å². The Labute approximate surface area is 74.1 Å². The normalized spacial score (nSPS) is 10.8. The third-order valence-corrected chi connectivity index (χ3v) is 1.73. The highest BCUT2D eigenvalue weighted by atomic mass is 16.5. The van der Waals surface area contributed by atoms with Crippen molar-refractivity contribution in [1.82, 2.24) is 10.0 Å². The fourth-order valence-electron chi connectivity index (χ4n) is 0.963. The summed E-state index contributed by atoms with van der Waals surface area (Å²) in [5, 5.41) is 4.04. The van der Waals surface area contributed by atoms with E-state index in [-0.39, 0.29) is 5.97 Å². The van der Waals surface area contributed by atoms with Gasteiger partial charge in [0.25, 0.3) is 0 Å². The van der Waals surface area contributed by atoms with Gasteiger partial charge in [-0.25, -0.2) is 10.0 Å². The fourth-order valence-corrected chi connectivity index (χ4v) is 0.963. The number of carbonyl (C=O) groups excluding carboxylic acids is 1. The topological polar surface area (TPSA) is 32.8 Å². The summed E-state index contributed by atoms with van der Waals surface area (Å²) in [6.45, 7) is 3.68. The summed E-state index contributed by atoms with van der Waals surface area (Å²) in [4.78, 5) is 10.8. The Bertz CT molecular complexity index is 137. The van der Waals surface area contributed by atoms with E-state index >= 15 is 0 Å². The molecule has 0 aliphatic heterocycles. The number of methoxy groups -OCH3 is 1. The summed E-state index contributed by atoms with van der Waals surface area (Å²) < 4.78 is 4.54. The largest absolute Gasteiger partial charge is 0.469 e. The van der Waals surface area contributed by atoms with Crippen LogP contribution in [0.1, 0.15) is 13.3 Å². The van der Waals surface area contributed by atoms with Crippen LogP contribution in [-0.4, -0.2) is 50.3 Å². The van der Waals surface area contributed by atoms with E-state index in [0.717, 1.165) is 13.1 Å². The van der Waals surface area contributed by atoms with E-state index in [2.05, 4.69) is 16.7 Å². The number of ether oxygens (including phenoxy) is 1. The molecular formula is C8H18N2O2. The minimum absolute atomic E-state index is 0.157. The molecule has 0 heterocycles. The number of hydrazine groups is 1. The average molecular weight is 174 g/mol. The summed E-state index contributed by atoms with van der Waals surface area (Å²) in [5.41, 5.74) is 0. The first-order chi connectivity index (χ1) is 5.61. The molecule has 0 unspecified atom stereocenters. The lowest BCUT2D eigenvalue weighted by Gasteiger charge is -2.26. The van der Waals surface area contributed by atoms with Crippen molar-refractivity contribution < 1.29 is 9.53 Å². The third kappa shape index (κ3) is 4.31. The van der Waals surface area contributed by atoms with Crippen LogP contribution in [0.5, 0.6) is 0 Å². The van der Waals surface area contributed by atoms with Gasteiger partial charge in [0.2, 0.25) is 0 Å². The van der Waals surface area contributed by atoms with Gasteiger partial charge >= 0.3 is 5.97 Å². The highest BCUT2D eigenvalue weighted by molar-refractivity contribution is 5.69. The van der Waals surface area contributed by atoms with Crippen LogP contribution in [0.3, 0.4) is 0 Å². The smallest absolute Gasteiger partial charge is 0.306 e. The Kier molecular flexibility index (Phi) is 5.66. The van der Waals surface area contributed by atoms with E-state index < -0.39 is 0 Å². The molecule has 0 aromatic carbocycles. The Morgan fingerprint density at radius 2 is 2.00 bits per heavy atom. The minimum Gasteiger partial charge on any atom is -0.469 e. The fraction of sp³-hybridized carbons (Fsp3) is 0.875. The van der Waals surface area contributed by atoms with Gasteiger partial charge < -0.3 is 4.74 Å². The molecule has 0 saturated carbocycles. The SMILES string of the molecule is CCN(CCC(=O)OC)N(C)C. The van der Waals surface area contributed by atoms with Crippen LogP contribution in [0.25, 0.3) is 0 Å². The van der Waals surface area contributed by atoms with Crippen molar-refractivity contribution in [3.63, 3.8) is 0 Å². The molecule has 0 amide bonds. The maximum Gasteiger partial charge on any atom is 0.306 e. The number of nitrogens with zero attached hydrogens (tertiary/aromatic N) is 2. The molecule has 0 bridgehead atoms. The van der Waals surface area contributed by atoms with Crippen molar-refractivity contribution in [3.05, 3.63) is 0 Å². The van der Waals surface area contributed by atoms with Gasteiger partial charge in [-0.3, -0.25) is 4.79 Å². The van der Waals surface area contributed by atoms with Crippen LogP contribution in [0.4, 0.5) is 0 Å². The lowest BCUT2D eigenvalue weighted by atomic mass is 10.4. The summed E-state index contributed by atoms with van der Waals surface area (Å²) in [7, 11) is 5.33. The zero-order chi connectivity index (χ0) is 9.56. The van der Waals surface area contributed by atoms with Crippen LogP contribution < -0.4 is 0 Å². The molecule has 0 aliphatic carbocycles. The Morgan fingerprint density at radius 3 is 2.33 bits per heavy atom. The molecule has 0 saturated heterocycles. The van der Waals surface area contributed by atoms with Crippen LogP contribution >= 0.6 is 0 Å². The van der Waals surface area contributed by atoms with E-state index in [1.54, 1.807) is 0 Å². The summed E-state index contributed by atoms with van der Waals surface area (Å²) in [6.07, 6.45) is 0.447. The van der Waals surface area contributed by atoms with Crippen molar-refractivity contribution in [2.45, 2.75) is 13.3 Å².